The van der Waals surface area contributed by atoms with Crippen LogP contribution in [0, 0.1) is 13.8 Å². The Kier molecular flexibility index (Phi) is 4.26. The van der Waals surface area contributed by atoms with E-state index in [-0.39, 0.29) is 5.78 Å². The molecular formula is C19H25N3O. The molecular weight excluding hydrogens is 286 g/mol. The first kappa shape index (κ1) is 15.8. The van der Waals surface area contributed by atoms with Crippen molar-refractivity contribution in [1.82, 2.24) is 15.3 Å². The van der Waals surface area contributed by atoms with Crippen molar-refractivity contribution in [3.8, 4) is 0 Å². The second-order valence-corrected chi connectivity index (χ2v) is 6.81. The van der Waals surface area contributed by atoms with Crippen LogP contribution in [0.15, 0.2) is 41.2 Å². The number of hydrogen-bond acceptors (Lipinski definition) is 4. The summed E-state index contributed by atoms with van der Waals surface area (Å²) < 4.78 is 0. The maximum absolute atomic E-state index is 12.6. The number of Topliss-reactive ketones (excluding diaryl/α,β-unsaturated/α-hetero) is 1. The maximum atomic E-state index is 12.6. The Morgan fingerprint density at radius 1 is 1.22 bits per heavy atom. The Labute approximate surface area is 138 Å². The normalized spacial score (nSPS) is 20.0. The maximum Gasteiger partial charge on any atom is 0.207 e. The first-order valence-corrected chi connectivity index (χ1v) is 8.15. The third kappa shape index (κ3) is 3.32. The molecule has 122 valence electrons. The van der Waals surface area contributed by atoms with E-state index < -0.39 is 0 Å². The number of benzene rings is 1. The molecule has 1 aliphatic heterocycles. The predicted molar refractivity (Wildman–Crippen MR) is 92.5 cm³/mol. The minimum absolute atomic E-state index is 0.155. The average Bonchev–Trinajstić information content (AvgIpc) is 2.89. The SMILES string of the molecule is Cc1ccc(CN2CC3=C(N2)C(=O)C(=CN(C)C)CC3)cc1C. The average molecular weight is 311 g/mol. The van der Waals surface area contributed by atoms with E-state index in [2.05, 4.69) is 42.5 Å². The van der Waals surface area contributed by atoms with Crippen LogP contribution in [0.3, 0.4) is 0 Å². The van der Waals surface area contributed by atoms with E-state index in [4.69, 9.17) is 0 Å². The van der Waals surface area contributed by atoms with Crippen molar-refractivity contribution in [3.05, 3.63) is 57.9 Å². The molecule has 0 saturated heterocycles. The van der Waals surface area contributed by atoms with Crippen molar-refractivity contribution in [2.45, 2.75) is 33.2 Å². The van der Waals surface area contributed by atoms with Gasteiger partial charge in [-0.3, -0.25) is 4.79 Å². The Hall–Kier alpha value is -2.07. The molecule has 3 rings (SSSR count). The number of aryl methyl sites for hydroxylation is 2. The van der Waals surface area contributed by atoms with Crippen molar-refractivity contribution < 1.29 is 4.79 Å². The van der Waals surface area contributed by atoms with Gasteiger partial charge in [0.1, 0.15) is 0 Å². The Morgan fingerprint density at radius 3 is 2.70 bits per heavy atom. The van der Waals surface area contributed by atoms with Crippen molar-refractivity contribution in [2.75, 3.05) is 20.6 Å². The first-order chi connectivity index (χ1) is 10.9. The van der Waals surface area contributed by atoms with Gasteiger partial charge in [-0.15, -0.1) is 0 Å². The minimum atomic E-state index is 0.155. The van der Waals surface area contributed by atoms with E-state index in [0.717, 1.165) is 37.2 Å². The highest BCUT2D eigenvalue weighted by Crippen LogP contribution is 2.29. The Bertz CT molecular complexity index is 701. The van der Waals surface area contributed by atoms with Gasteiger partial charge in [0.25, 0.3) is 0 Å². The van der Waals surface area contributed by atoms with Gasteiger partial charge in [0.2, 0.25) is 5.78 Å². The number of allylic oxidation sites excluding steroid dienone is 1. The summed E-state index contributed by atoms with van der Waals surface area (Å²) in [6.45, 7) is 5.92. The van der Waals surface area contributed by atoms with Crippen molar-refractivity contribution in [1.29, 1.82) is 0 Å². The number of carbonyl (C=O) groups excluding carboxylic acids is 1. The van der Waals surface area contributed by atoms with E-state index in [9.17, 15) is 4.79 Å². The van der Waals surface area contributed by atoms with Crippen LogP contribution < -0.4 is 5.43 Å². The second-order valence-electron chi connectivity index (χ2n) is 6.81. The summed E-state index contributed by atoms with van der Waals surface area (Å²) in [6, 6.07) is 6.56. The zero-order chi connectivity index (χ0) is 16.6. The lowest BCUT2D eigenvalue weighted by atomic mass is 9.92. The number of rotatable bonds is 3. The van der Waals surface area contributed by atoms with Crippen molar-refractivity contribution in [3.63, 3.8) is 0 Å². The summed E-state index contributed by atoms with van der Waals surface area (Å²) >= 11 is 0. The second kappa shape index (κ2) is 6.20. The zero-order valence-electron chi connectivity index (χ0n) is 14.4. The molecule has 1 aromatic rings. The Balaban J connectivity index is 1.70. The molecule has 1 heterocycles. The van der Waals surface area contributed by atoms with Crippen LogP contribution in [0.25, 0.3) is 0 Å². The summed E-state index contributed by atoms with van der Waals surface area (Å²) in [5.74, 6) is 0.155. The monoisotopic (exact) mass is 311 g/mol. The van der Waals surface area contributed by atoms with E-state index in [1.165, 1.54) is 22.3 Å². The number of carbonyl (C=O) groups is 1. The fraction of sp³-hybridized carbons (Fsp3) is 0.421. The summed E-state index contributed by atoms with van der Waals surface area (Å²) in [7, 11) is 3.91. The molecule has 1 aromatic carbocycles. The van der Waals surface area contributed by atoms with Gasteiger partial charge in [0.15, 0.2) is 0 Å². The van der Waals surface area contributed by atoms with Crippen LogP contribution in [0.1, 0.15) is 29.5 Å². The minimum Gasteiger partial charge on any atom is -0.383 e. The van der Waals surface area contributed by atoms with E-state index in [1.807, 2.05) is 25.2 Å². The number of nitrogens with one attached hydrogen (secondary N) is 1. The van der Waals surface area contributed by atoms with Gasteiger partial charge in [-0.25, -0.2) is 5.01 Å². The van der Waals surface area contributed by atoms with Crippen molar-refractivity contribution in [2.24, 2.45) is 0 Å². The van der Waals surface area contributed by atoms with Gasteiger partial charge in [0, 0.05) is 39.0 Å². The molecule has 4 heteroatoms. The lowest BCUT2D eigenvalue weighted by molar-refractivity contribution is -0.113. The third-order valence-corrected chi connectivity index (χ3v) is 4.58. The lowest BCUT2D eigenvalue weighted by Gasteiger charge is -2.19. The fourth-order valence-corrected chi connectivity index (χ4v) is 3.21. The standard InChI is InChI=1S/C19H25N3O/c1-13-5-6-15(9-14(13)2)10-22-12-16-7-8-17(11-21(3)4)19(23)18(16)20-22/h5-6,9,11,20H,7-8,10,12H2,1-4H3. The topological polar surface area (TPSA) is 35.6 Å². The van der Waals surface area contributed by atoms with E-state index in [0.29, 0.717) is 0 Å². The molecule has 0 saturated carbocycles. The highest BCUT2D eigenvalue weighted by atomic mass is 16.1. The van der Waals surface area contributed by atoms with Gasteiger partial charge in [-0.1, -0.05) is 18.2 Å². The van der Waals surface area contributed by atoms with Gasteiger partial charge in [0.05, 0.1) is 5.70 Å². The molecule has 0 aromatic heterocycles. The molecule has 0 spiro atoms. The fourth-order valence-electron chi connectivity index (χ4n) is 3.21. The summed E-state index contributed by atoms with van der Waals surface area (Å²) in [4.78, 5) is 14.5. The van der Waals surface area contributed by atoms with Crippen LogP contribution in [0.2, 0.25) is 0 Å². The predicted octanol–water partition coefficient (Wildman–Crippen LogP) is 2.69. The third-order valence-electron chi connectivity index (χ3n) is 4.58. The Morgan fingerprint density at radius 2 is 2.00 bits per heavy atom. The molecule has 0 atom stereocenters. The smallest absolute Gasteiger partial charge is 0.207 e. The van der Waals surface area contributed by atoms with Crippen LogP contribution >= 0.6 is 0 Å². The molecule has 0 amide bonds. The largest absolute Gasteiger partial charge is 0.383 e. The molecule has 0 bridgehead atoms. The van der Waals surface area contributed by atoms with Crippen LogP contribution in [-0.2, 0) is 11.3 Å². The molecule has 4 nitrogen and oxygen atoms in total. The summed E-state index contributed by atoms with van der Waals surface area (Å²) in [5, 5.41) is 2.14. The summed E-state index contributed by atoms with van der Waals surface area (Å²) in [5.41, 5.74) is 10.2. The van der Waals surface area contributed by atoms with Crippen LogP contribution in [0.5, 0.6) is 0 Å². The molecule has 2 aliphatic rings. The van der Waals surface area contributed by atoms with Crippen LogP contribution in [-0.4, -0.2) is 36.3 Å². The van der Waals surface area contributed by atoms with Gasteiger partial charge in [-0.05, 0) is 49.0 Å². The molecule has 0 unspecified atom stereocenters. The molecule has 1 aliphatic carbocycles. The number of hydrogen-bond donors (Lipinski definition) is 1. The molecule has 0 fully saturated rings. The van der Waals surface area contributed by atoms with E-state index >= 15 is 0 Å². The van der Waals surface area contributed by atoms with Crippen LogP contribution in [0.4, 0.5) is 0 Å². The first-order valence-electron chi connectivity index (χ1n) is 8.15. The highest BCUT2D eigenvalue weighted by molar-refractivity contribution is 6.09. The van der Waals surface area contributed by atoms with Crippen molar-refractivity contribution >= 4 is 5.78 Å². The number of nitrogens with zero attached hydrogens (tertiary/aromatic N) is 2. The summed E-state index contributed by atoms with van der Waals surface area (Å²) in [6.07, 6.45) is 3.76. The molecule has 23 heavy (non-hydrogen) atoms. The van der Waals surface area contributed by atoms with Gasteiger partial charge >= 0.3 is 0 Å². The van der Waals surface area contributed by atoms with E-state index in [1.54, 1.807) is 0 Å². The lowest BCUT2D eigenvalue weighted by Crippen LogP contribution is -2.33. The number of ketones is 1. The number of hydrazine groups is 1. The molecule has 0 radical (unpaired) electrons. The van der Waals surface area contributed by atoms with Gasteiger partial charge in [-0.2, -0.15) is 0 Å². The highest BCUT2D eigenvalue weighted by Gasteiger charge is 2.31. The quantitative estimate of drug-likeness (QED) is 0.871. The van der Waals surface area contributed by atoms with Gasteiger partial charge < -0.3 is 10.3 Å². The molecule has 1 N–H and O–H groups in total. The zero-order valence-corrected chi connectivity index (χ0v) is 14.4.